The molecular weight excluding hydrogens is 354 g/mol. The second-order valence-corrected chi connectivity index (χ2v) is 6.96. The molecule has 0 spiro atoms. The van der Waals surface area contributed by atoms with Gasteiger partial charge in [0.2, 0.25) is 0 Å². The molecule has 2 aromatic carbocycles. The van der Waals surface area contributed by atoms with E-state index in [-0.39, 0.29) is 11.9 Å². The third-order valence-electron chi connectivity index (χ3n) is 5.28. The number of anilines is 2. The van der Waals surface area contributed by atoms with E-state index in [0.29, 0.717) is 12.4 Å². The number of quaternary nitrogens is 1. The number of methoxy groups -OCH3 is 1. The van der Waals surface area contributed by atoms with Gasteiger partial charge < -0.3 is 24.6 Å². The van der Waals surface area contributed by atoms with Crippen molar-refractivity contribution in [2.75, 3.05) is 50.1 Å². The molecule has 1 atom stereocenters. The summed E-state index contributed by atoms with van der Waals surface area (Å²) in [6.45, 7) is 8.09. The first-order valence-corrected chi connectivity index (χ1v) is 9.89. The van der Waals surface area contributed by atoms with E-state index in [1.165, 1.54) is 4.90 Å². The van der Waals surface area contributed by atoms with Gasteiger partial charge in [0.25, 0.3) is 5.91 Å². The first kappa shape index (κ1) is 20.0. The zero-order valence-corrected chi connectivity index (χ0v) is 16.9. The molecule has 1 fully saturated rings. The summed E-state index contributed by atoms with van der Waals surface area (Å²) in [5.41, 5.74) is 1.85. The number of rotatable bonds is 7. The first-order chi connectivity index (χ1) is 13.6. The van der Waals surface area contributed by atoms with Crippen LogP contribution < -0.4 is 24.6 Å². The van der Waals surface area contributed by atoms with E-state index >= 15 is 0 Å². The minimum Gasteiger partial charge on any atom is -0.495 e. The number of benzene rings is 2. The molecule has 0 unspecified atom stereocenters. The lowest BCUT2D eigenvalue weighted by molar-refractivity contribution is -0.914. The van der Waals surface area contributed by atoms with E-state index in [4.69, 9.17) is 9.47 Å². The standard InChI is InChI=1S/C22H29N3O3/c1-4-28-20-11-7-5-9-18(20)23-22(26)17(2)24-13-15-25(16-14-24)19-10-6-8-12-21(19)27-3/h5-12,17H,4,13-16H2,1-3H3,(H,23,26)/p+1/t17-/m0/s1. The van der Waals surface area contributed by atoms with Crippen molar-refractivity contribution in [3.63, 3.8) is 0 Å². The number of ether oxygens (including phenoxy) is 2. The molecule has 0 bridgehead atoms. The molecule has 150 valence electrons. The largest absolute Gasteiger partial charge is 0.495 e. The van der Waals surface area contributed by atoms with Crippen molar-refractivity contribution < 1.29 is 19.2 Å². The summed E-state index contributed by atoms with van der Waals surface area (Å²) in [7, 11) is 1.70. The van der Waals surface area contributed by atoms with Gasteiger partial charge in [0.05, 0.1) is 51.3 Å². The van der Waals surface area contributed by atoms with Gasteiger partial charge in [-0.25, -0.2) is 0 Å². The highest BCUT2D eigenvalue weighted by Gasteiger charge is 2.30. The monoisotopic (exact) mass is 384 g/mol. The molecular formula is C22H30N3O3+. The van der Waals surface area contributed by atoms with Crippen molar-refractivity contribution in [3.05, 3.63) is 48.5 Å². The maximum atomic E-state index is 12.8. The van der Waals surface area contributed by atoms with Crippen LogP contribution in [0.4, 0.5) is 11.4 Å². The predicted octanol–water partition coefficient (Wildman–Crippen LogP) is 1.83. The molecule has 0 radical (unpaired) electrons. The molecule has 1 aliphatic rings. The summed E-state index contributed by atoms with van der Waals surface area (Å²) in [6.07, 6.45) is 0. The Balaban J connectivity index is 1.59. The van der Waals surface area contributed by atoms with E-state index in [0.717, 1.165) is 43.3 Å². The average Bonchev–Trinajstić information content (AvgIpc) is 2.75. The van der Waals surface area contributed by atoms with Crippen LogP contribution in [0.25, 0.3) is 0 Å². The van der Waals surface area contributed by atoms with Gasteiger partial charge in [-0.05, 0) is 38.1 Å². The molecule has 1 saturated heterocycles. The number of carbonyl (C=O) groups excluding carboxylic acids is 1. The number of nitrogens with one attached hydrogen (secondary N) is 2. The van der Waals surface area contributed by atoms with Crippen LogP contribution >= 0.6 is 0 Å². The van der Waals surface area contributed by atoms with Crippen molar-refractivity contribution in [1.82, 2.24) is 0 Å². The minimum absolute atomic E-state index is 0.0212. The number of nitrogens with zero attached hydrogens (tertiary/aromatic N) is 1. The Morgan fingerprint density at radius 2 is 1.75 bits per heavy atom. The van der Waals surface area contributed by atoms with Crippen molar-refractivity contribution >= 4 is 17.3 Å². The highest BCUT2D eigenvalue weighted by molar-refractivity contribution is 5.94. The van der Waals surface area contributed by atoms with Gasteiger partial charge in [-0.1, -0.05) is 24.3 Å². The molecule has 1 heterocycles. The van der Waals surface area contributed by atoms with Gasteiger partial charge in [0.1, 0.15) is 11.5 Å². The van der Waals surface area contributed by atoms with E-state index in [1.807, 2.05) is 56.3 Å². The Kier molecular flexibility index (Phi) is 6.76. The van der Waals surface area contributed by atoms with Crippen LogP contribution in [0.15, 0.2) is 48.5 Å². The maximum Gasteiger partial charge on any atom is 0.282 e. The molecule has 3 rings (SSSR count). The zero-order valence-electron chi connectivity index (χ0n) is 16.9. The Bertz CT molecular complexity index is 788. The van der Waals surface area contributed by atoms with Crippen molar-refractivity contribution in [2.45, 2.75) is 19.9 Å². The third-order valence-corrected chi connectivity index (χ3v) is 5.28. The number of para-hydroxylation sites is 4. The number of hydrogen-bond acceptors (Lipinski definition) is 4. The molecule has 0 aliphatic carbocycles. The second-order valence-electron chi connectivity index (χ2n) is 6.96. The lowest BCUT2D eigenvalue weighted by atomic mass is 10.2. The van der Waals surface area contributed by atoms with Gasteiger partial charge >= 0.3 is 0 Å². The van der Waals surface area contributed by atoms with E-state index in [1.54, 1.807) is 7.11 Å². The molecule has 28 heavy (non-hydrogen) atoms. The van der Waals surface area contributed by atoms with Gasteiger partial charge in [-0.2, -0.15) is 0 Å². The van der Waals surface area contributed by atoms with Gasteiger partial charge in [0.15, 0.2) is 6.04 Å². The summed E-state index contributed by atoms with van der Waals surface area (Å²) in [6, 6.07) is 15.5. The van der Waals surface area contributed by atoms with Gasteiger partial charge in [0, 0.05) is 0 Å². The highest BCUT2D eigenvalue weighted by Crippen LogP contribution is 2.27. The number of piperazine rings is 1. The smallest absolute Gasteiger partial charge is 0.282 e. The topological polar surface area (TPSA) is 55.2 Å². The molecule has 6 heteroatoms. The van der Waals surface area contributed by atoms with Crippen LogP contribution in [0.2, 0.25) is 0 Å². The molecule has 2 N–H and O–H groups in total. The number of carbonyl (C=O) groups is 1. The van der Waals surface area contributed by atoms with E-state index < -0.39 is 0 Å². The predicted molar refractivity (Wildman–Crippen MR) is 112 cm³/mol. The Morgan fingerprint density at radius 1 is 1.11 bits per heavy atom. The summed E-state index contributed by atoms with van der Waals surface area (Å²) >= 11 is 0. The SMILES string of the molecule is CCOc1ccccc1NC(=O)[C@H](C)[NH+]1CCN(c2ccccc2OC)CC1. The fourth-order valence-corrected chi connectivity index (χ4v) is 3.64. The quantitative estimate of drug-likeness (QED) is 0.765. The highest BCUT2D eigenvalue weighted by atomic mass is 16.5. The van der Waals surface area contributed by atoms with Crippen LogP contribution in [0.1, 0.15) is 13.8 Å². The average molecular weight is 385 g/mol. The zero-order chi connectivity index (χ0) is 19.9. The van der Waals surface area contributed by atoms with Gasteiger partial charge in [-0.15, -0.1) is 0 Å². The Labute approximate surface area is 167 Å². The Morgan fingerprint density at radius 3 is 2.43 bits per heavy atom. The fraction of sp³-hybridized carbons (Fsp3) is 0.409. The summed E-state index contributed by atoms with van der Waals surface area (Å²) in [4.78, 5) is 16.4. The fourth-order valence-electron chi connectivity index (χ4n) is 3.64. The normalized spacial score (nSPS) is 15.8. The molecule has 6 nitrogen and oxygen atoms in total. The minimum atomic E-state index is -0.130. The summed E-state index contributed by atoms with van der Waals surface area (Å²) in [5.74, 6) is 1.62. The van der Waals surface area contributed by atoms with Crippen LogP contribution in [0.5, 0.6) is 11.5 Å². The first-order valence-electron chi connectivity index (χ1n) is 9.89. The molecule has 1 amide bonds. The molecule has 0 aromatic heterocycles. The third kappa shape index (κ3) is 4.57. The lowest BCUT2D eigenvalue weighted by Gasteiger charge is -2.36. The van der Waals surface area contributed by atoms with Crippen molar-refractivity contribution in [1.29, 1.82) is 0 Å². The maximum absolute atomic E-state index is 12.8. The second kappa shape index (κ2) is 9.46. The van der Waals surface area contributed by atoms with Crippen LogP contribution in [0, 0.1) is 0 Å². The lowest BCUT2D eigenvalue weighted by Crippen LogP contribution is -3.19. The van der Waals surface area contributed by atoms with E-state index in [2.05, 4.69) is 16.3 Å². The number of amides is 1. The van der Waals surface area contributed by atoms with Crippen LogP contribution in [0.3, 0.4) is 0 Å². The summed E-state index contributed by atoms with van der Waals surface area (Å²) < 4.78 is 11.1. The molecule has 2 aromatic rings. The van der Waals surface area contributed by atoms with Crippen molar-refractivity contribution in [3.8, 4) is 11.5 Å². The van der Waals surface area contributed by atoms with Crippen molar-refractivity contribution in [2.24, 2.45) is 0 Å². The Hall–Kier alpha value is -2.73. The van der Waals surface area contributed by atoms with Gasteiger partial charge in [-0.3, -0.25) is 4.79 Å². The molecule has 1 aliphatic heterocycles. The van der Waals surface area contributed by atoms with Crippen LogP contribution in [-0.2, 0) is 4.79 Å². The van der Waals surface area contributed by atoms with E-state index in [9.17, 15) is 4.79 Å². The number of hydrogen-bond donors (Lipinski definition) is 2. The molecule has 0 saturated carbocycles. The summed E-state index contributed by atoms with van der Waals surface area (Å²) in [5, 5.41) is 3.04. The van der Waals surface area contributed by atoms with Crippen LogP contribution in [-0.4, -0.2) is 51.8 Å².